The van der Waals surface area contributed by atoms with Gasteiger partial charge < -0.3 is 10.1 Å². The maximum absolute atomic E-state index is 5.79. The van der Waals surface area contributed by atoms with Crippen molar-refractivity contribution >= 4 is 17.2 Å². The molecule has 136 valence electrons. The Balaban J connectivity index is 1.18. The van der Waals surface area contributed by atoms with Crippen molar-refractivity contribution in [3.63, 3.8) is 0 Å². The summed E-state index contributed by atoms with van der Waals surface area (Å²) in [4.78, 5) is 8.45. The minimum Gasteiger partial charge on any atom is -0.492 e. The average Bonchev–Trinajstić information content (AvgIpc) is 3.31. The normalized spacial score (nSPS) is 19.0. The molecule has 0 spiro atoms. The zero-order valence-corrected chi connectivity index (χ0v) is 14.6. The van der Waals surface area contributed by atoms with Crippen molar-refractivity contribution in [2.75, 3.05) is 11.9 Å². The Bertz CT molecular complexity index is 1040. The lowest BCUT2D eigenvalue weighted by atomic mass is 9.74. The fourth-order valence-corrected chi connectivity index (χ4v) is 3.46. The molecular formula is C19H19N7O. The van der Waals surface area contributed by atoms with Crippen molar-refractivity contribution < 1.29 is 4.74 Å². The summed E-state index contributed by atoms with van der Waals surface area (Å²) in [6.07, 6.45) is 11.0. The molecule has 27 heavy (non-hydrogen) atoms. The SMILES string of the molecule is c1cncc(OC[C@H]2C[C@@H](c3cc(Nc4nccn5nccc45)n[nH]3)C2)c1. The molecule has 0 amide bonds. The van der Waals surface area contributed by atoms with E-state index in [2.05, 4.69) is 36.6 Å². The lowest BCUT2D eigenvalue weighted by Crippen LogP contribution is -2.27. The van der Waals surface area contributed by atoms with Gasteiger partial charge in [-0.05, 0) is 37.0 Å². The third kappa shape index (κ3) is 3.21. The first kappa shape index (κ1) is 15.8. The van der Waals surface area contributed by atoms with Gasteiger partial charge in [0.2, 0.25) is 0 Å². The molecule has 1 aliphatic rings. The molecule has 5 rings (SSSR count). The number of hydrogen-bond acceptors (Lipinski definition) is 6. The zero-order valence-electron chi connectivity index (χ0n) is 14.6. The molecule has 2 N–H and O–H groups in total. The minimum absolute atomic E-state index is 0.495. The van der Waals surface area contributed by atoms with Crippen molar-refractivity contribution in [3.8, 4) is 5.75 Å². The van der Waals surface area contributed by atoms with Crippen LogP contribution in [0.2, 0.25) is 0 Å². The van der Waals surface area contributed by atoms with Gasteiger partial charge in [-0.3, -0.25) is 10.1 Å². The number of anilines is 2. The summed E-state index contributed by atoms with van der Waals surface area (Å²) in [6.45, 7) is 0.731. The van der Waals surface area contributed by atoms with Crippen molar-refractivity contribution in [3.05, 3.63) is 60.9 Å². The van der Waals surface area contributed by atoms with Crippen LogP contribution in [0.15, 0.2) is 55.2 Å². The van der Waals surface area contributed by atoms with Gasteiger partial charge in [-0.1, -0.05) is 0 Å². The molecule has 4 aromatic heterocycles. The molecule has 1 saturated carbocycles. The van der Waals surface area contributed by atoms with Crippen LogP contribution in [0.1, 0.15) is 24.5 Å². The molecule has 4 heterocycles. The van der Waals surface area contributed by atoms with Crippen LogP contribution in [0, 0.1) is 5.92 Å². The van der Waals surface area contributed by atoms with Crippen LogP contribution in [-0.4, -0.2) is 36.4 Å². The highest BCUT2D eigenvalue weighted by Gasteiger charge is 2.32. The summed E-state index contributed by atoms with van der Waals surface area (Å²) in [5.41, 5.74) is 2.06. The Morgan fingerprint density at radius 1 is 1.22 bits per heavy atom. The summed E-state index contributed by atoms with van der Waals surface area (Å²) in [5.74, 6) is 3.40. The van der Waals surface area contributed by atoms with E-state index in [4.69, 9.17) is 4.74 Å². The van der Waals surface area contributed by atoms with Gasteiger partial charge in [-0.2, -0.15) is 10.2 Å². The Kier molecular flexibility index (Phi) is 3.93. The second kappa shape index (κ2) is 6.71. The van der Waals surface area contributed by atoms with Gasteiger partial charge in [0, 0.05) is 36.3 Å². The van der Waals surface area contributed by atoms with Crippen LogP contribution in [0.3, 0.4) is 0 Å². The fraction of sp³-hybridized carbons (Fsp3) is 0.263. The van der Waals surface area contributed by atoms with E-state index in [0.717, 1.165) is 48.0 Å². The van der Waals surface area contributed by atoms with Gasteiger partial charge in [-0.15, -0.1) is 0 Å². The number of nitrogens with one attached hydrogen (secondary N) is 2. The van der Waals surface area contributed by atoms with E-state index < -0.39 is 0 Å². The topological polar surface area (TPSA) is 93.0 Å². The number of nitrogens with zero attached hydrogens (tertiary/aromatic N) is 5. The quantitative estimate of drug-likeness (QED) is 0.548. The second-order valence-corrected chi connectivity index (χ2v) is 6.80. The lowest BCUT2D eigenvalue weighted by Gasteiger charge is -2.34. The number of aromatic amines is 1. The van der Waals surface area contributed by atoms with E-state index in [1.165, 1.54) is 0 Å². The predicted octanol–water partition coefficient (Wildman–Crippen LogP) is 3.16. The molecule has 4 aromatic rings. The van der Waals surface area contributed by atoms with E-state index in [9.17, 15) is 0 Å². The number of aromatic nitrogens is 6. The maximum Gasteiger partial charge on any atom is 0.157 e. The summed E-state index contributed by atoms with van der Waals surface area (Å²) in [6, 6.07) is 7.80. The summed E-state index contributed by atoms with van der Waals surface area (Å²) >= 11 is 0. The summed E-state index contributed by atoms with van der Waals surface area (Å²) in [5, 5.41) is 15.0. The summed E-state index contributed by atoms with van der Waals surface area (Å²) < 4.78 is 7.57. The van der Waals surface area contributed by atoms with Crippen LogP contribution in [-0.2, 0) is 0 Å². The second-order valence-electron chi connectivity index (χ2n) is 6.80. The first-order valence-electron chi connectivity index (χ1n) is 8.98. The van der Waals surface area contributed by atoms with Gasteiger partial charge in [0.05, 0.1) is 19.0 Å². The van der Waals surface area contributed by atoms with E-state index in [1.54, 1.807) is 29.3 Å². The largest absolute Gasteiger partial charge is 0.492 e. The molecule has 0 aliphatic heterocycles. The Morgan fingerprint density at radius 2 is 2.19 bits per heavy atom. The van der Waals surface area contributed by atoms with Crippen LogP contribution in [0.5, 0.6) is 5.75 Å². The zero-order chi connectivity index (χ0) is 18.1. The van der Waals surface area contributed by atoms with Crippen LogP contribution >= 0.6 is 0 Å². The monoisotopic (exact) mass is 361 g/mol. The lowest BCUT2D eigenvalue weighted by molar-refractivity contribution is 0.156. The fourth-order valence-electron chi connectivity index (χ4n) is 3.46. The molecule has 0 radical (unpaired) electrons. The molecule has 0 atom stereocenters. The first-order valence-corrected chi connectivity index (χ1v) is 8.98. The smallest absolute Gasteiger partial charge is 0.157 e. The van der Waals surface area contributed by atoms with Gasteiger partial charge in [0.15, 0.2) is 11.6 Å². The third-order valence-electron chi connectivity index (χ3n) is 4.96. The number of hydrogen-bond donors (Lipinski definition) is 2. The van der Waals surface area contributed by atoms with Crippen LogP contribution in [0.4, 0.5) is 11.6 Å². The van der Waals surface area contributed by atoms with Gasteiger partial charge in [0.1, 0.15) is 11.3 Å². The van der Waals surface area contributed by atoms with Crippen LogP contribution in [0.25, 0.3) is 5.52 Å². The highest BCUT2D eigenvalue weighted by Crippen LogP contribution is 2.41. The molecular weight excluding hydrogens is 342 g/mol. The van der Waals surface area contributed by atoms with E-state index in [0.29, 0.717) is 11.8 Å². The highest BCUT2D eigenvalue weighted by molar-refractivity contribution is 5.71. The molecule has 0 unspecified atom stereocenters. The first-order chi connectivity index (χ1) is 13.3. The Hall–Kier alpha value is -3.42. The van der Waals surface area contributed by atoms with Gasteiger partial charge >= 0.3 is 0 Å². The molecule has 0 bridgehead atoms. The molecule has 1 fully saturated rings. The Morgan fingerprint density at radius 3 is 3.07 bits per heavy atom. The van der Waals surface area contributed by atoms with E-state index >= 15 is 0 Å². The molecule has 0 aromatic carbocycles. The highest BCUT2D eigenvalue weighted by atomic mass is 16.5. The number of pyridine rings is 1. The van der Waals surface area contributed by atoms with Crippen molar-refractivity contribution in [2.24, 2.45) is 5.92 Å². The van der Waals surface area contributed by atoms with Crippen LogP contribution < -0.4 is 10.1 Å². The van der Waals surface area contributed by atoms with E-state index in [1.807, 2.05) is 24.4 Å². The predicted molar refractivity (Wildman–Crippen MR) is 100 cm³/mol. The standard InChI is InChI=1S/C19H19N7O/c1-2-15(11-20-4-1)27-12-13-8-14(9-13)16-10-18(25-24-16)23-19-17-3-5-22-26(17)7-6-21-19/h1-7,10-11,13-14H,8-9,12H2,(H2,21,23,24,25)/t13-,14+. The molecule has 1 aliphatic carbocycles. The van der Waals surface area contributed by atoms with Gasteiger partial charge in [0.25, 0.3) is 0 Å². The number of fused-ring (bicyclic) bond motifs is 1. The summed E-state index contributed by atoms with van der Waals surface area (Å²) in [7, 11) is 0. The minimum atomic E-state index is 0.495. The van der Waals surface area contributed by atoms with Crippen molar-refractivity contribution in [2.45, 2.75) is 18.8 Å². The van der Waals surface area contributed by atoms with Crippen molar-refractivity contribution in [1.82, 2.24) is 29.8 Å². The van der Waals surface area contributed by atoms with Crippen molar-refractivity contribution in [1.29, 1.82) is 0 Å². The average molecular weight is 361 g/mol. The Labute approximate surface area is 155 Å². The maximum atomic E-state index is 5.79. The molecule has 8 nitrogen and oxygen atoms in total. The molecule has 8 heteroatoms. The third-order valence-corrected chi connectivity index (χ3v) is 4.96. The molecule has 0 saturated heterocycles. The number of H-pyrrole nitrogens is 1. The number of ether oxygens (including phenoxy) is 1. The number of rotatable bonds is 6. The van der Waals surface area contributed by atoms with E-state index in [-0.39, 0.29) is 0 Å². The van der Waals surface area contributed by atoms with Gasteiger partial charge in [-0.25, -0.2) is 9.50 Å².